The van der Waals surface area contributed by atoms with Crippen LogP contribution in [0.1, 0.15) is 38.1 Å². The third kappa shape index (κ3) is 4.09. The van der Waals surface area contributed by atoms with E-state index < -0.39 is 0 Å². The maximum atomic E-state index is 12.9. The van der Waals surface area contributed by atoms with Crippen LogP contribution in [0.4, 0.5) is 4.39 Å². The van der Waals surface area contributed by atoms with Gasteiger partial charge in [-0.1, -0.05) is 27.7 Å². The molecule has 0 bridgehead atoms. The number of nitrogens with one attached hydrogen (secondary N) is 1. The van der Waals surface area contributed by atoms with Crippen LogP contribution >= 0.6 is 15.9 Å². The summed E-state index contributed by atoms with van der Waals surface area (Å²) in [6.45, 7) is 9.11. The van der Waals surface area contributed by atoms with Crippen molar-refractivity contribution in [2.75, 3.05) is 6.54 Å². The Kier molecular flexibility index (Phi) is 4.91. The van der Waals surface area contributed by atoms with Crippen LogP contribution in [0.25, 0.3) is 0 Å². The Bertz CT molecular complexity index is 440. The first-order chi connectivity index (χ1) is 8.21. The van der Waals surface area contributed by atoms with Crippen LogP contribution < -0.4 is 5.32 Å². The molecular weight excluding hydrogens is 297 g/mol. The molecule has 1 rings (SSSR count). The number of hydrogen-bond acceptors (Lipinski definition) is 1. The Morgan fingerprint density at radius 1 is 1.44 bits per heavy atom. The van der Waals surface area contributed by atoms with Gasteiger partial charge in [-0.15, -0.1) is 0 Å². The predicted octanol–water partition coefficient (Wildman–Crippen LogP) is 4.00. The van der Waals surface area contributed by atoms with E-state index in [9.17, 15) is 9.18 Å². The molecule has 0 aliphatic rings. The largest absolute Gasteiger partial charge is 0.352 e. The molecule has 1 unspecified atom stereocenters. The first-order valence-electron chi connectivity index (χ1n) is 5.95. The number of rotatable bonds is 3. The van der Waals surface area contributed by atoms with E-state index in [-0.39, 0.29) is 17.1 Å². The van der Waals surface area contributed by atoms with Crippen molar-refractivity contribution < 1.29 is 9.18 Å². The van der Waals surface area contributed by atoms with Gasteiger partial charge in [0.05, 0.1) is 5.56 Å². The first kappa shape index (κ1) is 15.2. The molecule has 0 aromatic heterocycles. The fraction of sp³-hybridized carbons (Fsp3) is 0.500. The van der Waals surface area contributed by atoms with Crippen molar-refractivity contribution in [2.24, 2.45) is 11.3 Å². The highest BCUT2D eigenvalue weighted by molar-refractivity contribution is 9.10. The highest BCUT2D eigenvalue weighted by Crippen LogP contribution is 2.24. The molecule has 0 spiro atoms. The maximum absolute atomic E-state index is 12.9. The van der Waals surface area contributed by atoms with Crippen LogP contribution in [0, 0.1) is 17.2 Å². The van der Waals surface area contributed by atoms with Crippen molar-refractivity contribution in [2.45, 2.75) is 27.7 Å². The van der Waals surface area contributed by atoms with E-state index >= 15 is 0 Å². The van der Waals surface area contributed by atoms with E-state index in [1.165, 1.54) is 18.2 Å². The van der Waals surface area contributed by atoms with E-state index in [0.29, 0.717) is 22.5 Å². The van der Waals surface area contributed by atoms with E-state index in [1.54, 1.807) is 0 Å². The van der Waals surface area contributed by atoms with Gasteiger partial charge >= 0.3 is 0 Å². The Balaban J connectivity index is 2.66. The molecule has 1 amide bonds. The molecule has 1 N–H and O–H groups in total. The second-order valence-electron chi connectivity index (χ2n) is 5.60. The zero-order valence-corrected chi connectivity index (χ0v) is 12.8. The standard InChI is InChI=1S/C14H19BrFNO/c1-9(14(2,3)4)8-17-13(18)11-6-5-10(16)7-12(11)15/h5-7,9H,8H2,1-4H3,(H,17,18). The van der Waals surface area contributed by atoms with Crippen LogP contribution in [0.5, 0.6) is 0 Å². The first-order valence-corrected chi connectivity index (χ1v) is 6.74. The van der Waals surface area contributed by atoms with Gasteiger partial charge in [0.2, 0.25) is 0 Å². The van der Waals surface area contributed by atoms with E-state index in [1.807, 2.05) is 0 Å². The van der Waals surface area contributed by atoms with Crippen molar-refractivity contribution in [1.82, 2.24) is 5.32 Å². The van der Waals surface area contributed by atoms with Gasteiger partial charge in [-0.25, -0.2) is 4.39 Å². The van der Waals surface area contributed by atoms with Crippen molar-refractivity contribution in [1.29, 1.82) is 0 Å². The Morgan fingerprint density at radius 2 is 2.06 bits per heavy atom. The summed E-state index contributed by atoms with van der Waals surface area (Å²) in [5.41, 5.74) is 0.602. The lowest BCUT2D eigenvalue weighted by Gasteiger charge is -2.27. The number of amides is 1. The number of hydrogen-bond donors (Lipinski definition) is 1. The third-order valence-corrected chi connectivity index (χ3v) is 3.88. The number of halogens is 2. The molecule has 0 saturated carbocycles. The van der Waals surface area contributed by atoms with Crippen LogP contribution in [0.15, 0.2) is 22.7 Å². The predicted molar refractivity (Wildman–Crippen MR) is 75.1 cm³/mol. The Labute approximate surface area is 116 Å². The lowest BCUT2D eigenvalue weighted by atomic mass is 9.82. The molecular formula is C14H19BrFNO. The summed E-state index contributed by atoms with van der Waals surface area (Å²) < 4.78 is 13.4. The van der Waals surface area contributed by atoms with Gasteiger partial charge in [-0.3, -0.25) is 4.79 Å². The van der Waals surface area contributed by atoms with E-state index in [0.717, 1.165) is 0 Å². The number of carbonyl (C=O) groups excluding carboxylic acids is 1. The van der Waals surface area contributed by atoms with Crippen LogP contribution in [-0.4, -0.2) is 12.5 Å². The molecule has 0 fully saturated rings. The summed E-state index contributed by atoms with van der Waals surface area (Å²) in [5.74, 6) is -0.180. The maximum Gasteiger partial charge on any atom is 0.252 e. The second kappa shape index (κ2) is 5.83. The average Bonchev–Trinajstić information content (AvgIpc) is 2.24. The number of benzene rings is 1. The van der Waals surface area contributed by atoms with Gasteiger partial charge in [0.15, 0.2) is 0 Å². The zero-order chi connectivity index (χ0) is 13.9. The fourth-order valence-corrected chi connectivity index (χ4v) is 1.85. The summed E-state index contributed by atoms with van der Waals surface area (Å²) in [5, 5.41) is 2.87. The Hall–Kier alpha value is -0.900. The molecule has 0 aliphatic heterocycles. The lowest BCUT2D eigenvalue weighted by molar-refractivity contribution is 0.0936. The third-order valence-electron chi connectivity index (χ3n) is 3.22. The van der Waals surface area contributed by atoms with Gasteiger partial charge in [-0.05, 0) is 45.5 Å². The van der Waals surface area contributed by atoms with Crippen molar-refractivity contribution in [3.8, 4) is 0 Å². The molecule has 1 aromatic rings. The molecule has 0 radical (unpaired) electrons. The van der Waals surface area contributed by atoms with E-state index in [4.69, 9.17) is 0 Å². The average molecular weight is 316 g/mol. The monoisotopic (exact) mass is 315 g/mol. The SMILES string of the molecule is CC(CNC(=O)c1ccc(F)cc1Br)C(C)(C)C. The second-order valence-corrected chi connectivity index (χ2v) is 6.46. The van der Waals surface area contributed by atoms with Crippen molar-refractivity contribution in [3.63, 3.8) is 0 Å². The van der Waals surface area contributed by atoms with Crippen LogP contribution in [0.2, 0.25) is 0 Å². The molecule has 1 aromatic carbocycles. The zero-order valence-electron chi connectivity index (χ0n) is 11.2. The van der Waals surface area contributed by atoms with Crippen LogP contribution in [-0.2, 0) is 0 Å². The van der Waals surface area contributed by atoms with Crippen LogP contribution in [0.3, 0.4) is 0 Å². The molecule has 2 nitrogen and oxygen atoms in total. The van der Waals surface area contributed by atoms with Crippen molar-refractivity contribution in [3.05, 3.63) is 34.1 Å². The fourth-order valence-electron chi connectivity index (χ4n) is 1.32. The van der Waals surface area contributed by atoms with Gasteiger partial charge in [0.25, 0.3) is 5.91 Å². The molecule has 4 heteroatoms. The molecule has 100 valence electrons. The summed E-state index contributed by atoms with van der Waals surface area (Å²) in [6.07, 6.45) is 0. The van der Waals surface area contributed by atoms with Gasteiger partial charge in [0.1, 0.15) is 5.82 Å². The van der Waals surface area contributed by atoms with Gasteiger partial charge in [-0.2, -0.15) is 0 Å². The topological polar surface area (TPSA) is 29.1 Å². The smallest absolute Gasteiger partial charge is 0.252 e. The highest BCUT2D eigenvalue weighted by Gasteiger charge is 2.21. The minimum atomic E-state index is -0.360. The lowest BCUT2D eigenvalue weighted by Crippen LogP contribution is -2.33. The number of carbonyl (C=O) groups is 1. The molecule has 18 heavy (non-hydrogen) atoms. The van der Waals surface area contributed by atoms with Gasteiger partial charge < -0.3 is 5.32 Å². The summed E-state index contributed by atoms with van der Waals surface area (Å²) in [7, 11) is 0. The van der Waals surface area contributed by atoms with Gasteiger partial charge in [0, 0.05) is 11.0 Å². The summed E-state index contributed by atoms with van der Waals surface area (Å²) in [4.78, 5) is 11.9. The highest BCUT2D eigenvalue weighted by atomic mass is 79.9. The van der Waals surface area contributed by atoms with Crippen molar-refractivity contribution >= 4 is 21.8 Å². The normalized spacial score (nSPS) is 13.2. The minimum Gasteiger partial charge on any atom is -0.352 e. The Morgan fingerprint density at radius 3 is 2.56 bits per heavy atom. The molecule has 1 atom stereocenters. The minimum absolute atomic E-state index is 0.146. The summed E-state index contributed by atoms with van der Waals surface area (Å²) in [6, 6.07) is 4.06. The quantitative estimate of drug-likeness (QED) is 0.897. The molecule has 0 saturated heterocycles. The summed E-state index contributed by atoms with van der Waals surface area (Å²) >= 11 is 3.19. The molecule has 0 heterocycles. The van der Waals surface area contributed by atoms with E-state index in [2.05, 4.69) is 48.9 Å². The molecule has 0 aliphatic carbocycles.